The number of aromatic nitrogens is 5. The van der Waals surface area contributed by atoms with Crippen LogP contribution in [0.3, 0.4) is 0 Å². The minimum absolute atomic E-state index is 0.162. The summed E-state index contributed by atoms with van der Waals surface area (Å²) in [5.74, 6) is 1.71. The topological polar surface area (TPSA) is 98.2 Å². The van der Waals surface area contributed by atoms with E-state index >= 15 is 0 Å². The average Bonchev–Trinajstić information content (AvgIpc) is 3.55. The van der Waals surface area contributed by atoms with Gasteiger partial charge in [-0.15, -0.1) is 5.10 Å². The van der Waals surface area contributed by atoms with Crippen molar-refractivity contribution in [3.63, 3.8) is 0 Å². The maximum Gasteiger partial charge on any atom is 0.252 e. The molecule has 0 radical (unpaired) electrons. The molecule has 9 nitrogen and oxygen atoms in total. The lowest BCUT2D eigenvalue weighted by Gasteiger charge is -2.33. The summed E-state index contributed by atoms with van der Waals surface area (Å²) in [6, 6.07) is 11.8. The third kappa shape index (κ3) is 4.93. The Bertz CT molecular complexity index is 1460. The molecule has 4 aromatic rings. The molecule has 2 aromatic heterocycles. The third-order valence-electron chi connectivity index (χ3n) is 7.14. The van der Waals surface area contributed by atoms with Gasteiger partial charge in [0.2, 0.25) is 6.79 Å². The first-order chi connectivity index (χ1) is 17.8. The highest BCUT2D eigenvalue weighted by Gasteiger charge is 2.31. The van der Waals surface area contributed by atoms with Gasteiger partial charge in [0.15, 0.2) is 17.3 Å². The van der Waals surface area contributed by atoms with Crippen LogP contribution in [0.15, 0.2) is 47.3 Å². The number of fused-ring (bicyclic) bond motifs is 2. The third-order valence-corrected chi connectivity index (χ3v) is 7.14. The normalized spacial score (nSPS) is 14.0. The van der Waals surface area contributed by atoms with E-state index in [4.69, 9.17) is 9.47 Å². The molecular formula is C27H31FN6O3. The van der Waals surface area contributed by atoms with Gasteiger partial charge in [-0.1, -0.05) is 26.0 Å². The first-order valence-corrected chi connectivity index (χ1v) is 12.5. The Kier molecular flexibility index (Phi) is 6.68. The van der Waals surface area contributed by atoms with E-state index in [0.717, 1.165) is 23.2 Å². The quantitative estimate of drug-likeness (QED) is 0.352. The summed E-state index contributed by atoms with van der Waals surface area (Å²) >= 11 is 0. The maximum atomic E-state index is 13.6. The Morgan fingerprint density at radius 2 is 1.84 bits per heavy atom. The number of ether oxygens (including phenoxy) is 2. The minimum atomic E-state index is -0.291. The van der Waals surface area contributed by atoms with Gasteiger partial charge in [-0.05, 0) is 66.9 Å². The molecule has 1 N–H and O–H groups in total. The lowest BCUT2D eigenvalue weighted by Crippen LogP contribution is -2.36. The molecule has 37 heavy (non-hydrogen) atoms. The number of halogens is 1. The predicted octanol–water partition coefficient (Wildman–Crippen LogP) is 4.68. The molecule has 194 valence electrons. The molecule has 2 aromatic carbocycles. The van der Waals surface area contributed by atoms with Crippen LogP contribution in [0.5, 0.6) is 11.5 Å². The van der Waals surface area contributed by atoms with Crippen LogP contribution in [0, 0.1) is 5.82 Å². The van der Waals surface area contributed by atoms with Crippen molar-refractivity contribution in [3.05, 3.63) is 75.6 Å². The molecule has 0 unspecified atom stereocenters. The fourth-order valence-electron chi connectivity index (χ4n) is 4.66. The SMILES string of the molecule is CC[C@H](c1nnnn1C(C)(C)CC)N(Cc1ccc(F)cc1)Cc1cc2cc3c(cc2[nH]c1=O)OCO3. The van der Waals surface area contributed by atoms with E-state index in [0.29, 0.717) is 42.1 Å². The summed E-state index contributed by atoms with van der Waals surface area (Å²) in [5.41, 5.74) is 1.74. The van der Waals surface area contributed by atoms with Crippen LogP contribution in [-0.2, 0) is 18.6 Å². The van der Waals surface area contributed by atoms with Gasteiger partial charge in [-0.3, -0.25) is 9.69 Å². The molecule has 1 atom stereocenters. The highest BCUT2D eigenvalue weighted by Crippen LogP contribution is 2.36. The van der Waals surface area contributed by atoms with Gasteiger partial charge in [0.25, 0.3) is 5.56 Å². The smallest absolute Gasteiger partial charge is 0.252 e. The molecule has 10 heteroatoms. The van der Waals surface area contributed by atoms with Crippen molar-refractivity contribution in [2.75, 3.05) is 6.79 Å². The van der Waals surface area contributed by atoms with Crippen molar-refractivity contribution in [2.24, 2.45) is 0 Å². The van der Waals surface area contributed by atoms with Gasteiger partial charge < -0.3 is 14.5 Å². The number of nitrogens with zero attached hydrogens (tertiary/aromatic N) is 5. The van der Waals surface area contributed by atoms with Gasteiger partial charge in [0.05, 0.1) is 17.1 Å². The number of pyridine rings is 1. The summed E-state index contributed by atoms with van der Waals surface area (Å²) in [7, 11) is 0. The van der Waals surface area contributed by atoms with Crippen molar-refractivity contribution in [2.45, 2.75) is 65.2 Å². The summed E-state index contributed by atoms with van der Waals surface area (Å²) in [6.07, 6.45) is 1.56. The fraction of sp³-hybridized carbons (Fsp3) is 0.407. The first-order valence-electron chi connectivity index (χ1n) is 12.5. The fourth-order valence-corrected chi connectivity index (χ4v) is 4.66. The number of hydrogen-bond donors (Lipinski definition) is 1. The van der Waals surface area contributed by atoms with Crippen LogP contribution in [0.4, 0.5) is 4.39 Å². The van der Waals surface area contributed by atoms with E-state index in [1.54, 1.807) is 18.2 Å². The molecule has 3 heterocycles. The zero-order valence-corrected chi connectivity index (χ0v) is 21.5. The molecule has 0 fully saturated rings. The number of H-pyrrole nitrogens is 1. The van der Waals surface area contributed by atoms with Crippen LogP contribution in [0.1, 0.15) is 63.5 Å². The minimum Gasteiger partial charge on any atom is -0.454 e. The van der Waals surface area contributed by atoms with Crippen LogP contribution in [0.25, 0.3) is 10.9 Å². The van der Waals surface area contributed by atoms with Gasteiger partial charge >= 0.3 is 0 Å². The monoisotopic (exact) mass is 506 g/mol. The molecular weight excluding hydrogens is 475 g/mol. The van der Waals surface area contributed by atoms with Crippen molar-refractivity contribution < 1.29 is 13.9 Å². The predicted molar refractivity (Wildman–Crippen MR) is 137 cm³/mol. The summed E-state index contributed by atoms with van der Waals surface area (Å²) in [4.78, 5) is 18.3. The number of hydrogen-bond acceptors (Lipinski definition) is 7. The van der Waals surface area contributed by atoms with Crippen LogP contribution in [0.2, 0.25) is 0 Å². The number of nitrogens with one attached hydrogen (secondary N) is 1. The largest absolute Gasteiger partial charge is 0.454 e. The van der Waals surface area contributed by atoms with Crippen molar-refractivity contribution in [1.82, 2.24) is 30.1 Å². The number of benzene rings is 2. The van der Waals surface area contributed by atoms with Crippen LogP contribution in [-0.4, -0.2) is 36.9 Å². The standard InChI is InChI=1S/C27H31FN6O3/c1-5-22(25-30-31-32-34(25)27(3,4)6-2)33(14-17-7-9-20(28)10-8-17)15-19-11-18-12-23-24(37-16-36-23)13-21(18)29-26(19)35/h7-13,22H,5-6,14-16H2,1-4H3,(H,29,35)/t22-/m1/s1. The van der Waals surface area contributed by atoms with E-state index in [1.165, 1.54) is 12.1 Å². The van der Waals surface area contributed by atoms with E-state index in [-0.39, 0.29) is 29.8 Å². The summed E-state index contributed by atoms with van der Waals surface area (Å²) < 4.78 is 26.5. The van der Waals surface area contributed by atoms with Gasteiger partial charge in [-0.25, -0.2) is 9.07 Å². The van der Waals surface area contributed by atoms with E-state index in [2.05, 4.69) is 53.1 Å². The highest BCUT2D eigenvalue weighted by atomic mass is 19.1. The average molecular weight is 507 g/mol. The second kappa shape index (κ2) is 9.93. The molecule has 0 amide bonds. The van der Waals surface area contributed by atoms with Gasteiger partial charge in [0.1, 0.15) is 5.82 Å². The number of rotatable bonds is 9. The van der Waals surface area contributed by atoms with Crippen molar-refractivity contribution in [3.8, 4) is 11.5 Å². The molecule has 0 aliphatic carbocycles. The van der Waals surface area contributed by atoms with Gasteiger partial charge in [0, 0.05) is 30.1 Å². The Hall–Kier alpha value is -3.79. The highest BCUT2D eigenvalue weighted by molar-refractivity contribution is 5.83. The van der Waals surface area contributed by atoms with E-state index in [1.807, 2.05) is 16.8 Å². The van der Waals surface area contributed by atoms with E-state index < -0.39 is 0 Å². The molecule has 0 bridgehead atoms. The van der Waals surface area contributed by atoms with Gasteiger partial charge in [-0.2, -0.15) is 0 Å². The maximum absolute atomic E-state index is 13.6. The molecule has 1 aliphatic rings. The lowest BCUT2D eigenvalue weighted by atomic mass is 10.0. The second-order valence-electron chi connectivity index (χ2n) is 9.99. The summed E-state index contributed by atoms with van der Waals surface area (Å²) in [6.45, 7) is 9.36. The number of aromatic amines is 1. The van der Waals surface area contributed by atoms with Crippen LogP contribution < -0.4 is 15.0 Å². The first kappa shape index (κ1) is 24.9. The Labute approximate surface area is 214 Å². The zero-order chi connectivity index (χ0) is 26.2. The molecule has 0 saturated heterocycles. The molecule has 5 rings (SSSR count). The Morgan fingerprint density at radius 3 is 2.54 bits per heavy atom. The van der Waals surface area contributed by atoms with Crippen molar-refractivity contribution in [1.29, 1.82) is 0 Å². The second-order valence-corrected chi connectivity index (χ2v) is 9.99. The Morgan fingerprint density at radius 1 is 1.11 bits per heavy atom. The molecule has 0 spiro atoms. The number of tetrazole rings is 1. The lowest BCUT2D eigenvalue weighted by molar-refractivity contribution is 0.150. The van der Waals surface area contributed by atoms with E-state index in [9.17, 15) is 9.18 Å². The molecule has 1 aliphatic heterocycles. The van der Waals surface area contributed by atoms with Crippen molar-refractivity contribution >= 4 is 10.9 Å². The zero-order valence-electron chi connectivity index (χ0n) is 21.5. The molecule has 0 saturated carbocycles. The van der Waals surface area contributed by atoms with Crippen LogP contribution >= 0.6 is 0 Å². The summed E-state index contributed by atoms with van der Waals surface area (Å²) in [5, 5.41) is 13.6. The Balaban J connectivity index is 1.55.